The van der Waals surface area contributed by atoms with Gasteiger partial charge in [-0.1, -0.05) is 0 Å². The summed E-state index contributed by atoms with van der Waals surface area (Å²) in [7, 11) is 0. The molecule has 0 amide bonds. The molecular weight excluding hydrogens is 267 g/mol. The first-order valence-electron chi connectivity index (χ1n) is 5.79. The molecule has 0 saturated carbocycles. The molecule has 1 saturated heterocycles. The topological polar surface area (TPSA) is 23.6 Å². The van der Waals surface area contributed by atoms with Gasteiger partial charge in [0, 0.05) is 0 Å². The molecule has 2 aliphatic heterocycles. The molecule has 0 radical (unpaired) electrons. The Morgan fingerprint density at radius 3 is 2.75 bits per heavy atom. The van der Waals surface area contributed by atoms with Gasteiger partial charge in [-0.2, -0.15) is 0 Å². The van der Waals surface area contributed by atoms with Crippen LogP contribution in [0.2, 0.25) is 0 Å². The fourth-order valence-electron chi connectivity index (χ4n) is 2.47. The van der Waals surface area contributed by atoms with Crippen molar-refractivity contribution >= 4 is 24.0 Å². The molecule has 2 heterocycles. The minimum absolute atomic E-state index is 0.760. The molecule has 0 aromatic heterocycles. The SMILES string of the molecule is O=[Se]1CN(CN2CCCC2)c2ccccc21. The van der Waals surface area contributed by atoms with Crippen molar-refractivity contribution in [1.29, 1.82) is 0 Å². The number of likely N-dealkylation sites (tertiary alicyclic amines) is 1. The summed E-state index contributed by atoms with van der Waals surface area (Å²) in [5.74, 6) is 0. The Morgan fingerprint density at radius 2 is 1.94 bits per heavy atom. The molecule has 0 N–H and O–H groups in total. The number of hydrogen-bond donors (Lipinski definition) is 0. The van der Waals surface area contributed by atoms with Gasteiger partial charge >= 0.3 is 99.9 Å². The molecule has 0 spiro atoms. The molecule has 16 heavy (non-hydrogen) atoms. The van der Waals surface area contributed by atoms with Crippen LogP contribution in [-0.4, -0.2) is 43.9 Å². The number of anilines is 1. The standard InChI is InChI=1S/C12H16N2OSe/c15-16-10-14(9-13-7-3-4-8-13)11-5-1-2-6-12(11)16/h1-2,5-6H,3-4,7-10H2. The molecule has 3 rings (SSSR count). The van der Waals surface area contributed by atoms with Gasteiger partial charge in [0.05, 0.1) is 0 Å². The van der Waals surface area contributed by atoms with Crippen molar-refractivity contribution in [3.8, 4) is 0 Å². The van der Waals surface area contributed by atoms with E-state index in [1.54, 1.807) is 0 Å². The summed E-state index contributed by atoms with van der Waals surface area (Å²) in [4.78, 5) is 4.75. The average molecular weight is 283 g/mol. The second kappa shape index (κ2) is 4.28. The summed E-state index contributed by atoms with van der Waals surface area (Å²) in [6.07, 6.45) is 2.62. The fraction of sp³-hybridized carbons (Fsp3) is 0.500. The van der Waals surface area contributed by atoms with Gasteiger partial charge in [-0.25, -0.2) is 0 Å². The number of rotatable bonds is 2. The summed E-state index contributed by atoms with van der Waals surface area (Å²) in [5, 5.41) is 0. The molecule has 2 aliphatic rings. The van der Waals surface area contributed by atoms with Crippen molar-refractivity contribution in [1.82, 2.24) is 4.90 Å². The molecule has 1 fully saturated rings. The molecule has 86 valence electrons. The van der Waals surface area contributed by atoms with E-state index < -0.39 is 13.8 Å². The van der Waals surface area contributed by atoms with E-state index in [9.17, 15) is 3.83 Å². The van der Waals surface area contributed by atoms with Crippen LogP contribution in [0.25, 0.3) is 0 Å². The van der Waals surface area contributed by atoms with E-state index in [1.165, 1.54) is 31.6 Å². The Balaban J connectivity index is 1.80. The van der Waals surface area contributed by atoms with Crippen LogP contribution in [0.4, 0.5) is 5.69 Å². The summed E-state index contributed by atoms with van der Waals surface area (Å²) >= 11 is -1.78. The van der Waals surface area contributed by atoms with Gasteiger partial charge in [0.25, 0.3) is 0 Å². The number of nitrogens with zero attached hydrogens (tertiary/aromatic N) is 2. The first-order valence-corrected chi connectivity index (χ1v) is 8.56. The summed E-state index contributed by atoms with van der Waals surface area (Å²) < 4.78 is 13.1. The Hall–Kier alpha value is -0.701. The van der Waals surface area contributed by atoms with Crippen LogP contribution in [0.1, 0.15) is 12.8 Å². The second-order valence-electron chi connectivity index (χ2n) is 4.45. The quantitative estimate of drug-likeness (QED) is 0.748. The fourth-order valence-corrected chi connectivity index (χ4v) is 5.21. The van der Waals surface area contributed by atoms with Gasteiger partial charge in [0.2, 0.25) is 0 Å². The molecule has 1 aromatic carbocycles. The van der Waals surface area contributed by atoms with Crippen LogP contribution in [0.5, 0.6) is 0 Å². The number of para-hydroxylation sites is 1. The van der Waals surface area contributed by atoms with E-state index in [0.717, 1.165) is 16.6 Å². The van der Waals surface area contributed by atoms with Gasteiger partial charge in [-0.3, -0.25) is 0 Å². The number of fused-ring (bicyclic) bond motifs is 1. The third-order valence-electron chi connectivity index (χ3n) is 3.29. The van der Waals surface area contributed by atoms with Gasteiger partial charge in [-0.15, -0.1) is 0 Å². The van der Waals surface area contributed by atoms with Crippen molar-refractivity contribution in [2.45, 2.75) is 12.8 Å². The van der Waals surface area contributed by atoms with Gasteiger partial charge < -0.3 is 0 Å². The van der Waals surface area contributed by atoms with E-state index >= 15 is 0 Å². The van der Waals surface area contributed by atoms with Gasteiger partial charge in [-0.05, 0) is 0 Å². The van der Waals surface area contributed by atoms with Crippen LogP contribution >= 0.6 is 0 Å². The van der Waals surface area contributed by atoms with Gasteiger partial charge in [0.15, 0.2) is 0 Å². The Bertz CT molecular complexity index is 415. The van der Waals surface area contributed by atoms with Crippen LogP contribution in [0.15, 0.2) is 24.3 Å². The molecular formula is C12H16N2OSe. The molecule has 0 bridgehead atoms. The maximum absolute atomic E-state index is 12.0. The normalized spacial score (nSPS) is 25.0. The molecule has 1 unspecified atom stereocenters. The Labute approximate surface area is 100 Å². The van der Waals surface area contributed by atoms with E-state index in [0.29, 0.717) is 0 Å². The Kier molecular flexibility index (Phi) is 2.80. The summed E-state index contributed by atoms with van der Waals surface area (Å²) in [5.41, 5.74) is 1.96. The van der Waals surface area contributed by atoms with E-state index in [4.69, 9.17) is 0 Å². The number of hydrogen-bond acceptors (Lipinski definition) is 3. The zero-order chi connectivity index (χ0) is 11.0. The third-order valence-corrected chi connectivity index (χ3v) is 6.19. The molecule has 0 aliphatic carbocycles. The van der Waals surface area contributed by atoms with E-state index in [-0.39, 0.29) is 0 Å². The summed E-state index contributed by atoms with van der Waals surface area (Å²) in [6, 6.07) is 8.16. The number of benzene rings is 1. The van der Waals surface area contributed by atoms with Gasteiger partial charge in [0.1, 0.15) is 0 Å². The monoisotopic (exact) mass is 284 g/mol. The minimum atomic E-state index is -1.78. The van der Waals surface area contributed by atoms with Crippen molar-refractivity contribution in [2.75, 3.05) is 30.1 Å². The second-order valence-corrected chi connectivity index (χ2v) is 7.36. The van der Waals surface area contributed by atoms with Crippen molar-refractivity contribution in [2.24, 2.45) is 0 Å². The van der Waals surface area contributed by atoms with Crippen molar-refractivity contribution in [3.05, 3.63) is 24.3 Å². The van der Waals surface area contributed by atoms with Crippen molar-refractivity contribution in [3.63, 3.8) is 0 Å². The molecule has 1 aromatic rings. The average Bonchev–Trinajstić information content (AvgIpc) is 2.90. The summed E-state index contributed by atoms with van der Waals surface area (Å²) in [6.45, 7) is 3.35. The predicted molar refractivity (Wildman–Crippen MR) is 65.5 cm³/mol. The van der Waals surface area contributed by atoms with Crippen LogP contribution in [0, 0.1) is 0 Å². The predicted octanol–water partition coefficient (Wildman–Crippen LogP) is 0.728. The zero-order valence-corrected chi connectivity index (χ0v) is 11.0. The van der Waals surface area contributed by atoms with Crippen molar-refractivity contribution < 1.29 is 3.83 Å². The maximum atomic E-state index is 12.0. The molecule has 3 nitrogen and oxygen atoms in total. The molecule has 1 atom stereocenters. The molecule has 4 heteroatoms. The van der Waals surface area contributed by atoms with Crippen LogP contribution in [0.3, 0.4) is 0 Å². The van der Waals surface area contributed by atoms with E-state index in [1.807, 2.05) is 18.2 Å². The zero-order valence-electron chi connectivity index (χ0n) is 9.26. The first kappa shape index (κ1) is 10.5. The van der Waals surface area contributed by atoms with Crippen LogP contribution in [-0.2, 0) is 3.83 Å². The van der Waals surface area contributed by atoms with E-state index in [2.05, 4.69) is 15.9 Å². The van der Waals surface area contributed by atoms with Crippen LogP contribution < -0.4 is 9.36 Å². The first-order chi connectivity index (χ1) is 7.84. The Morgan fingerprint density at radius 1 is 1.19 bits per heavy atom. The third kappa shape index (κ3) is 1.81.